The highest BCUT2D eigenvalue weighted by Crippen LogP contribution is 2.38. The van der Waals surface area contributed by atoms with Crippen LogP contribution >= 0.6 is 22.7 Å². The Bertz CT molecular complexity index is 951. The van der Waals surface area contributed by atoms with Crippen LogP contribution < -0.4 is 5.32 Å². The van der Waals surface area contributed by atoms with Gasteiger partial charge in [-0.3, -0.25) is 4.79 Å². The molecule has 0 fully saturated rings. The van der Waals surface area contributed by atoms with Gasteiger partial charge in [0.25, 0.3) is 5.91 Å². The largest absolute Gasteiger partial charge is 0.452 e. The molecule has 0 bridgehead atoms. The summed E-state index contributed by atoms with van der Waals surface area (Å²) in [6.45, 7) is 1.88. The van der Waals surface area contributed by atoms with E-state index in [0.29, 0.717) is 22.0 Å². The number of fused-ring (bicyclic) bond motifs is 2. The van der Waals surface area contributed by atoms with E-state index in [9.17, 15) is 14.9 Å². The van der Waals surface area contributed by atoms with Crippen LogP contribution in [0.4, 0.5) is 5.00 Å². The maximum absolute atomic E-state index is 12.4. The van der Waals surface area contributed by atoms with E-state index < -0.39 is 11.9 Å². The highest BCUT2D eigenvalue weighted by molar-refractivity contribution is 7.16. The highest BCUT2D eigenvalue weighted by Gasteiger charge is 2.25. The molecule has 27 heavy (non-hydrogen) atoms. The van der Waals surface area contributed by atoms with Crippen LogP contribution in [0.3, 0.4) is 0 Å². The lowest BCUT2D eigenvalue weighted by Crippen LogP contribution is -2.21. The van der Waals surface area contributed by atoms with Gasteiger partial charge in [0.15, 0.2) is 6.61 Å². The second kappa shape index (κ2) is 7.45. The molecule has 4 rings (SSSR count). The molecule has 1 atom stereocenters. The van der Waals surface area contributed by atoms with E-state index >= 15 is 0 Å². The fourth-order valence-corrected chi connectivity index (χ4v) is 6.32. The summed E-state index contributed by atoms with van der Waals surface area (Å²) in [4.78, 5) is 27.1. The Labute approximate surface area is 166 Å². The number of carbonyl (C=O) groups is 2. The lowest BCUT2D eigenvalue weighted by Gasteiger charge is -2.18. The third kappa shape index (κ3) is 3.52. The molecule has 1 N–H and O–H groups in total. The number of rotatable bonds is 4. The Morgan fingerprint density at radius 1 is 1.30 bits per heavy atom. The Balaban J connectivity index is 1.38. The summed E-state index contributed by atoms with van der Waals surface area (Å²) in [7, 11) is 0. The van der Waals surface area contributed by atoms with Crippen molar-refractivity contribution in [3.05, 3.63) is 37.4 Å². The molecule has 1 unspecified atom stereocenters. The van der Waals surface area contributed by atoms with E-state index in [1.165, 1.54) is 21.1 Å². The van der Waals surface area contributed by atoms with Crippen LogP contribution in [-0.4, -0.2) is 18.5 Å². The molecule has 5 nitrogen and oxygen atoms in total. The Kier molecular flexibility index (Phi) is 5.02. The Hall–Kier alpha value is -2.17. The van der Waals surface area contributed by atoms with Gasteiger partial charge in [-0.1, -0.05) is 6.92 Å². The molecule has 2 heterocycles. The van der Waals surface area contributed by atoms with Gasteiger partial charge in [-0.15, -0.1) is 22.7 Å². The van der Waals surface area contributed by atoms with Crippen LogP contribution in [0.1, 0.15) is 56.6 Å². The molecule has 2 aromatic rings. The number of thiophene rings is 2. The minimum Gasteiger partial charge on any atom is -0.452 e. The second-order valence-electron chi connectivity index (χ2n) is 7.20. The van der Waals surface area contributed by atoms with Crippen molar-refractivity contribution in [2.45, 2.75) is 45.4 Å². The molecule has 140 valence electrons. The molecule has 0 spiro atoms. The molecule has 0 saturated heterocycles. The molecule has 0 aliphatic heterocycles. The first-order valence-electron chi connectivity index (χ1n) is 9.17. The summed E-state index contributed by atoms with van der Waals surface area (Å²) in [6, 6.07) is 2.20. The standard InChI is InChI=1S/C20H20N2O3S2/c1-11-5-6-13-15(10-26-17(13)7-11)20(24)25-9-18(23)22-19-14(8-21)12-3-2-4-16(12)27-19/h10-11H,2-7,9H2,1H3,(H,22,23). The Morgan fingerprint density at radius 3 is 2.96 bits per heavy atom. The zero-order valence-corrected chi connectivity index (χ0v) is 16.7. The monoisotopic (exact) mass is 400 g/mol. The van der Waals surface area contributed by atoms with E-state index in [-0.39, 0.29) is 6.61 Å². The average Bonchev–Trinajstić information content (AvgIpc) is 3.33. The molecule has 2 aliphatic carbocycles. The molecular formula is C20H20N2O3S2. The van der Waals surface area contributed by atoms with Crippen LogP contribution in [0.15, 0.2) is 5.38 Å². The normalized spacial score (nSPS) is 17.7. The summed E-state index contributed by atoms with van der Waals surface area (Å²) in [5, 5.41) is 14.5. The smallest absolute Gasteiger partial charge is 0.339 e. The number of esters is 1. The van der Waals surface area contributed by atoms with E-state index in [1.54, 1.807) is 11.3 Å². The maximum Gasteiger partial charge on any atom is 0.339 e. The van der Waals surface area contributed by atoms with E-state index in [0.717, 1.165) is 49.7 Å². The summed E-state index contributed by atoms with van der Waals surface area (Å²) in [5.41, 5.74) is 3.31. The molecule has 7 heteroatoms. The SMILES string of the molecule is CC1CCc2c(C(=O)OCC(=O)Nc3sc4c(c3C#N)CCC4)csc2C1. The first-order chi connectivity index (χ1) is 13.1. The molecule has 0 aromatic carbocycles. The molecular weight excluding hydrogens is 380 g/mol. The molecule has 0 radical (unpaired) electrons. The third-order valence-electron chi connectivity index (χ3n) is 5.24. The molecule has 2 aliphatic rings. The zero-order chi connectivity index (χ0) is 19.0. The van der Waals surface area contributed by atoms with Gasteiger partial charge in [0, 0.05) is 15.1 Å². The Morgan fingerprint density at radius 2 is 2.15 bits per heavy atom. The van der Waals surface area contributed by atoms with Gasteiger partial charge >= 0.3 is 5.97 Å². The van der Waals surface area contributed by atoms with Gasteiger partial charge in [-0.05, 0) is 55.6 Å². The van der Waals surface area contributed by atoms with E-state index in [1.807, 2.05) is 5.38 Å². The third-order valence-corrected chi connectivity index (χ3v) is 7.50. The van der Waals surface area contributed by atoms with Crippen molar-refractivity contribution in [3.8, 4) is 6.07 Å². The van der Waals surface area contributed by atoms with Crippen LogP contribution in [0.25, 0.3) is 0 Å². The first kappa shape index (κ1) is 18.2. The number of aryl methyl sites for hydroxylation is 1. The minimum atomic E-state index is -0.439. The predicted molar refractivity (Wildman–Crippen MR) is 105 cm³/mol. The lowest BCUT2D eigenvalue weighted by molar-refractivity contribution is -0.119. The number of nitrogens with zero attached hydrogens (tertiary/aromatic N) is 1. The van der Waals surface area contributed by atoms with Gasteiger partial charge in [0.1, 0.15) is 11.1 Å². The van der Waals surface area contributed by atoms with E-state index in [4.69, 9.17) is 4.74 Å². The van der Waals surface area contributed by atoms with Crippen LogP contribution in [0, 0.1) is 17.2 Å². The molecule has 0 saturated carbocycles. The highest BCUT2D eigenvalue weighted by atomic mass is 32.1. The quantitative estimate of drug-likeness (QED) is 0.784. The fourth-order valence-electron chi connectivity index (χ4n) is 3.83. The van der Waals surface area contributed by atoms with Gasteiger partial charge in [0.2, 0.25) is 0 Å². The van der Waals surface area contributed by atoms with Crippen molar-refractivity contribution >= 4 is 39.6 Å². The maximum atomic E-state index is 12.4. The van der Waals surface area contributed by atoms with Crippen molar-refractivity contribution in [1.82, 2.24) is 0 Å². The van der Waals surface area contributed by atoms with Gasteiger partial charge < -0.3 is 10.1 Å². The van der Waals surface area contributed by atoms with Crippen LogP contribution in [0.5, 0.6) is 0 Å². The molecule has 2 aromatic heterocycles. The lowest BCUT2D eigenvalue weighted by atomic mass is 9.88. The van der Waals surface area contributed by atoms with Crippen molar-refractivity contribution < 1.29 is 14.3 Å². The molecule has 1 amide bonds. The van der Waals surface area contributed by atoms with Crippen molar-refractivity contribution in [2.75, 3.05) is 11.9 Å². The summed E-state index contributed by atoms with van der Waals surface area (Å²) in [6.07, 6.45) is 5.88. The van der Waals surface area contributed by atoms with Crippen molar-refractivity contribution in [1.29, 1.82) is 5.26 Å². The van der Waals surface area contributed by atoms with Crippen molar-refractivity contribution in [3.63, 3.8) is 0 Å². The number of nitrogens with one attached hydrogen (secondary N) is 1. The summed E-state index contributed by atoms with van der Waals surface area (Å²) >= 11 is 3.06. The number of carbonyl (C=O) groups excluding carboxylic acids is 2. The van der Waals surface area contributed by atoms with Crippen molar-refractivity contribution in [2.24, 2.45) is 5.92 Å². The van der Waals surface area contributed by atoms with Crippen LogP contribution in [-0.2, 0) is 35.2 Å². The number of anilines is 1. The van der Waals surface area contributed by atoms with Gasteiger partial charge in [0.05, 0.1) is 11.1 Å². The first-order valence-corrected chi connectivity index (χ1v) is 10.9. The van der Waals surface area contributed by atoms with Crippen LogP contribution in [0.2, 0.25) is 0 Å². The number of ether oxygens (including phenoxy) is 1. The summed E-state index contributed by atoms with van der Waals surface area (Å²) in [5.74, 6) is -0.198. The van der Waals surface area contributed by atoms with Gasteiger partial charge in [-0.25, -0.2) is 4.79 Å². The number of nitriles is 1. The average molecular weight is 401 g/mol. The number of hydrogen-bond donors (Lipinski definition) is 1. The second-order valence-corrected chi connectivity index (χ2v) is 9.27. The zero-order valence-electron chi connectivity index (χ0n) is 15.1. The minimum absolute atomic E-state index is 0.340. The summed E-state index contributed by atoms with van der Waals surface area (Å²) < 4.78 is 5.24. The van der Waals surface area contributed by atoms with Gasteiger partial charge in [-0.2, -0.15) is 5.26 Å². The predicted octanol–water partition coefficient (Wildman–Crippen LogP) is 4.09. The van der Waals surface area contributed by atoms with E-state index in [2.05, 4.69) is 18.3 Å². The number of amides is 1. The number of hydrogen-bond acceptors (Lipinski definition) is 6. The topological polar surface area (TPSA) is 79.2 Å². The fraction of sp³-hybridized carbons (Fsp3) is 0.450.